The molecule has 0 bridgehead atoms. The molecule has 0 aliphatic carbocycles. The molecule has 0 aliphatic heterocycles. The molecule has 13 heavy (non-hydrogen) atoms. The van der Waals surface area contributed by atoms with Gasteiger partial charge in [-0.1, -0.05) is 0 Å². The maximum absolute atomic E-state index is 10.3. The molecule has 0 saturated heterocycles. The molecule has 0 aliphatic rings. The Balaban J connectivity index is 0.00000144. The van der Waals surface area contributed by atoms with Crippen molar-refractivity contribution in [1.82, 2.24) is 0 Å². The number of carbonyl (C=O) groups is 1. The summed E-state index contributed by atoms with van der Waals surface area (Å²) in [6, 6.07) is 1.69. The van der Waals surface area contributed by atoms with Gasteiger partial charge in [0.2, 0.25) is 0 Å². The monoisotopic (exact) mass is 310 g/mol. The van der Waals surface area contributed by atoms with Crippen LogP contribution in [-0.4, -0.2) is 75.3 Å². The molecule has 0 fully saturated rings. The average Bonchev–Trinajstić information content (AvgIpc) is 1.99. The van der Waals surface area contributed by atoms with Crippen LogP contribution in [0.25, 0.3) is 0 Å². The van der Waals surface area contributed by atoms with Gasteiger partial charge in [0, 0.05) is 0 Å². The van der Waals surface area contributed by atoms with Gasteiger partial charge in [0.1, 0.15) is 0 Å². The molecule has 4 N–H and O–H groups in total. The van der Waals surface area contributed by atoms with E-state index in [9.17, 15) is 4.79 Å². The third-order valence-electron chi connectivity index (χ3n) is 1.32. The number of aromatic hydroxyl groups is 3. The number of carboxylic acid groups (broad SMARTS) is 1. The van der Waals surface area contributed by atoms with Crippen LogP contribution >= 0.6 is 0 Å². The summed E-state index contributed by atoms with van der Waals surface area (Å²) in [5.74, 6) is -3.33. The summed E-state index contributed by atoms with van der Waals surface area (Å²) in [6.45, 7) is 0. The minimum atomic E-state index is -1.29. The number of aromatic carboxylic acids is 1. The number of phenolic OH excluding ortho intramolecular Hbond substituents is 3. The summed E-state index contributed by atoms with van der Waals surface area (Å²) in [5, 5.41) is 35.0. The topological polar surface area (TPSA) is 98.0 Å². The fourth-order valence-corrected chi connectivity index (χ4v) is 0.728. The Morgan fingerprint density at radius 3 is 1.77 bits per heavy atom. The van der Waals surface area contributed by atoms with E-state index in [2.05, 4.69) is 0 Å². The summed E-state index contributed by atoms with van der Waals surface area (Å²) in [5.41, 5.74) is -0.289. The summed E-state index contributed by atoms with van der Waals surface area (Å²) >= 11 is 0. The van der Waals surface area contributed by atoms with E-state index in [1.165, 1.54) is 0 Å². The van der Waals surface area contributed by atoms with Crippen molar-refractivity contribution in [1.29, 1.82) is 0 Å². The van der Waals surface area contributed by atoms with Crippen LogP contribution in [0.1, 0.15) is 10.4 Å². The number of hydrogen-bond acceptors (Lipinski definition) is 4. The Kier molecular flexibility index (Phi) is 4.65. The zero-order valence-electron chi connectivity index (χ0n) is 5.85. The van der Waals surface area contributed by atoms with E-state index < -0.39 is 23.2 Å². The van der Waals surface area contributed by atoms with Crippen LogP contribution in [0.4, 0.5) is 0 Å². The summed E-state index contributed by atoms with van der Waals surface area (Å²) in [6.07, 6.45) is 0. The first-order valence-electron chi connectivity index (χ1n) is 3.00. The Bertz CT molecular complexity index is 313. The van der Waals surface area contributed by atoms with E-state index in [-0.39, 0.29) is 54.4 Å². The molecular weight excluding hydrogens is 301 g/mol. The van der Waals surface area contributed by atoms with Gasteiger partial charge in [-0.05, 0) is 12.1 Å². The Hall–Kier alpha value is -0.339. The van der Waals surface area contributed by atoms with Gasteiger partial charge in [-0.2, -0.15) is 0 Å². The molecule has 68 valence electrons. The van der Waals surface area contributed by atoms with Crippen LogP contribution in [0.2, 0.25) is 0 Å². The molecule has 6 heteroatoms. The van der Waals surface area contributed by atoms with E-state index in [1.54, 1.807) is 0 Å². The zero-order chi connectivity index (χ0) is 9.30. The second-order valence-electron chi connectivity index (χ2n) is 2.17. The summed E-state index contributed by atoms with van der Waals surface area (Å²) < 4.78 is 0. The van der Waals surface area contributed by atoms with E-state index in [0.29, 0.717) is 0 Å². The molecular formula is C7H8BaO5. The SMILES string of the molecule is O=C(O)c1cc(O)c(O)c(O)c1.[BaH2]. The van der Waals surface area contributed by atoms with Crippen LogP contribution in [0.15, 0.2) is 12.1 Å². The Labute approximate surface area is 114 Å². The van der Waals surface area contributed by atoms with Gasteiger partial charge in [-0.25, -0.2) is 4.79 Å². The quantitative estimate of drug-likeness (QED) is 0.417. The second-order valence-corrected chi connectivity index (χ2v) is 2.17. The van der Waals surface area contributed by atoms with Gasteiger partial charge in [0.15, 0.2) is 17.2 Å². The standard InChI is InChI=1S/C7H6O5.Ba.2H/c8-4-1-3(7(11)12)2-5(9)6(4)10;;;/h1-2,8-10H,(H,11,12);;;. The molecule has 5 nitrogen and oxygen atoms in total. The molecule has 0 radical (unpaired) electrons. The van der Waals surface area contributed by atoms with Crippen LogP contribution < -0.4 is 0 Å². The second kappa shape index (κ2) is 4.77. The number of carboxylic acids is 1. The van der Waals surface area contributed by atoms with E-state index in [0.717, 1.165) is 12.1 Å². The van der Waals surface area contributed by atoms with Gasteiger partial charge in [0.05, 0.1) is 5.56 Å². The normalized spacial score (nSPS) is 8.92. The van der Waals surface area contributed by atoms with Crippen LogP contribution in [0.5, 0.6) is 17.2 Å². The average molecular weight is 309 g/mol. The van der Waals surface area contributed by atoms with Crippen molar-refractivity contribution in [2.75, 3.05) is 0 Å². The van der Waals surface area contributed by atoms with Gasteiger partial charge in [-0.15, -0.1) is 0 Å². The van der Waals surface area contributed by atoms with Crippen molar-refractivity contribution in [3.8, 4) is 17.2 Å². The third kappa shape index (κ3) is 2.82. The molecule has 0 amide bonds. The molecule has 0 spiro atoms. The maximum atomic E-state index is 10.3. The molecule has 1 rings (SSSR count). The molecule has 0 unspecified atom stereocenters. The molecule has 0 heterocycles. The van der Waals surface area contributed by atoms with Crippen molar-refractivity contribution < 1.29 is 25.2 Å². The predicted molar refractivity (Wildman–Crippen MR) is 46.9 cm³/mol. The van der Waals surface area contributed by atoms with Gasteiger partial charge in [0.25, 0.3) is 0 Å². The third-order valence-corrected chi connectivity index (χ3v) is 1.32. The summed E-state index contributed by atoms with van der Waals surface area (Å²) in [7, 11) is 0. The number of benzene rings is 1. The summed E-state index contributed by atoms with van der Waals surface area (Å²) in [4.78, 5) is 10.3. The van der Waals surface area contributed by atoms with Crippen molar-refractivity contribution in [3.63, 3.8) is 0 Å². The predicted octanol–water partition coefficient (Wildman–Crippen LogP) is -0.415. The first kappa shape index (κ1) is 12.7. The van der Waals surface area contributed by atoms with Crippen LogP contribution in [-0.2, 0) is 0 Å². The van der Waals surface area contributed by atoms with Crippen molar-refractivity contribution in [3.05, 3.63) is 17.7 Å². The fraction of sp³-hybridized carbons (Fsp3) is 0. The number of hydrogen-bond donors (Lipinski definition) is 4. The first-order valence-corrected chi connectivity index (χ1v) is 3.00. The van der Waals surface area contributed by atoms with E-state index in [1.807, 2.05) is 0 Å². The minimum absolute atomic E-state index is 0. The van der Waals surface area contributed by atoms with Gasteiger partial charge < -0.3 is 20.4 Å². The zero-order valence-corrected chi connectivity index (χ0v) is 5.85. The number of rotatable bonds is 1. The Morgan fingerprint density at radius 1 is 1.08 bits per heavy atom. The molecule has 1 aromatic carbocycles. The van der Waals surface area contributed by atoms with Gasteiger partial charge >= 0.3 is 54.9 Å². The Morgan fingerprint density at radius 2 is 1.46 bits per heavy atom. The molecule has 1 aromatic rings. The van der Waals surface area contributed by atoms with Crippen molar-refractivity contribution in [2.45, 2.75) is 0 Å². The van der Waals surface area contributed by atoms with Crippen LogP contribution in [0.3, 0.4) is 0 Å². The molecule has 0 aromatic heterocycles. The van der Waals surface area contributed by atoms with Crippen molar-refractivity contribution >= 4 is 54.9 Å². The van der Waals surface area contributed by atoms with E-state index >= 15 is 0 Å². The molecule has 0 saturated carbocycles. The van der Waals surface area contributed by atoms with Crippen LogP contribution in [0, 0.1) is 0 Å². The fourth-order valence-electron chi connectivity index (χ4n) is 0.728. The first-order chi connectivity index (χ1) is 5.52. The van der Waals surface area contributed by atoms with E-state index in [4.69, 9.17) is 20.4 Å². The van der Waals surface area contributed by atoms with Crippen molar-refractivity contribution in [2.24, 2.45) is 0 Å². The molecule has 0 atom stereocenters. The van der Waals surface area contributed by atoms with Gasteiger partial charge in [-0.3, -0.25) is 0 Å². The number of phenols is 3.